The van der Waals surface area contributed by atoms with Gasteiger partial charge in [-0.2, -0.15) is 0 Å². The quantitative estimate of drug-likeness (QED) is 0.0211. The van der Waals surface area contributed by atoms with Gasteiger partial charge in [-0.3, -0.25) is 9.59 Å². The number of esters is 2. The fraction of sp³-hybridized carbons (Fsp3) is 0.931. The van der Waals surface area contributed by atoms with Crippen molar-refractivity contribution >= 4 is 17.9 Å². The van der Waals surface area contributed by atoms with Crippen molar-refractivity contribution < 1.29 is 42.9 Å². The van der Waals surface area contributed by atoms with Crippen LogP contribution < -0.4 is 0 Å². The summed E-state index contributed by atoms with van der Waals surface area (Å²) < 4.78 is 23.0. The van der Waals surface area contributed by atoms with Crippen LogP contribution in [0, 0.1) is 0 Å². The molecule has 0 aliphatic carbocycles. The van der Waals surface area contributed by atoms with Crippen molar-refractivity contribution in [3.05, 3.63) is 12.2 Å². The molecular formula is C72H140NO8+. The van der Waals surface area contributed by atoms with Crippen molar-refractivity contribution in [2.45, 2.75) is 386 Å². The van der Waals surface area contributed by atoms with Gasteiger partial charge in [0.2, 0.25) is 0 Å². The zero-order chi connectivity index (χ0) is 59.1. The minimum Gasteiger partial charge on any atom is -0.477 e. The van der Waals surface area contributed by atoms with Crippen LogP contribution in [0.15, 0.2) is 12.2 Å². The Morgan fingerprint density at radius 1 is 0.358 bits per heavy atom. The summed E-state index contributed by atoms with van der Waals surface area (Å²) in [5, 5.41) is 9.73. The lowest BCUT2D eigenvalue weighted by Gasteiger charge is -2.25. The number of quaternary nitrogens is 1. The molecule has 0 saturated heterocycles. The van der Waals surface area contributed by atoms with Crippen LogP contribution in [0.2, 0.25) is 0 Å². The summed E-state index contributed by atoms with van der Waals surface area (Å²) in [6.45, 7) is 4.94. The molecule has 2 unspecified atom stereocenters. The molecule has 0 aromatic heterocycles. The number of likely N-dealkylation sites (N-methyl/N-ethyl adjacent to an activating group) is 1. The van der Waals surface area contributed by atoms with Crippen molar-refractivity contribution in [2.75, 3.05) is 47.5 Å². The van der Waals surface area contributed by atoms with E-state index in [2.05, 4.69) is 26.0 Å². The molecule has 9 heteroatoms. The van der Waals surface area contributed by atoms with E-state index in [1.165, 1.54) is 295 Å². The summed E-state index contributed by atoms with van der Waals surface area (Å²) in [7, 11) is 5.99. The smallest absolute Gasteiger partial charge is 0.361 e. The number of aliphatic carboxylic acids is 1. The maximum absolute atomic E-state index is 12.9. The SMILES string of the molecule is CCCCCCCCC/C=C\CCCCCCCCCC(=O)OC(COC(=O)CCCCCCCCCCCCCCCCCCCCCCCCCCCCCCCCCCCCCCCC)COC(OCC[N+](C)(C)C)C(=O)O. The van der Waals surface area contributed by atoms with E-state index in [1.54, 1.807) is 0 Å². The number of carboxylic acids is 1. The second-order valence-electron chi connectivity index (χ2n) is 25.9. The molecule has 0 radical (unpaired) electrons. The minimum absolute atomic E-state index is 0.177. The molecule has 0 aliphatic rings. The number of allylic oxidation sites excluding steroid dienone is 2. The Labute approximate surface area is 504 Å². The maximum Gasteiger partial charge on any atom is 0.361 e. The third-order valence-corrected chi connectivity index (χ3v) is 16.5. The Morgan fingerprint density at radius 2 is 0.630 bits per heavy atom. The maximum atomic E-state index is 12.9. The van der Waals surface area contributed by atoms with Gasteiger partial charge in [-0.1, -0.05) is 334 Å². The van der Waals surface area contributed by atoms with Crippen LogP contribution in [-0.4, -0.2) is 87.4 Å². The Morgan fingerprint density at radius 3 is 0.914 bits per heavy atom. The molecule has 0 bridgehead atoms. The molecule has 2 atom stereocenters. The van der Waals surface area contributed by atoms with Gasteiger partial charge >= 0.3 is 17.9 Å². The van der Waals surface area contributed by atoms with E-state index in [-0.39, 0.29) is 32.2 Å². The minimum atomic E-state index is -1.51. The summed E-state index contributed by atoms with van der Waals surface area (Å²) in [6, 6.07) is 0. The summed E-state index contributed by atoms with van der Waals surface area (Å²) in [5.74, 6) is -1.98. The van der Waals surface area contributed by atoms with Crippen LogP contribution in [0.1, 0.15) is 373 Å². The first-order chi connectivity index (χ1) is 39.6. The van der Waals surface area contributed by atoms with E-state index in [0.717, 1.165) is 51.4 Å². The molecule has 1 N–H and O–H groups in total. The van der Waals surface area contributed by atoms with Crippen molar-refractivity contribution in [3.8, 4) is 0 Å². The molecule has 81 heavy (non-hydrogen) atoms. The summed E-state index contributed by atoms with van der Waals surface area (Å²) >= 11 is 0. The van der Waals surface area contributed by atoms with E-state index in [1.807, 2.05) is 21.1 Å². The molecular weight excluding hydrogens is 1010 g/mol. The van der Waals surface area contributed by atoms with Gasteiger partial charge in [0, 0.05) is 12.8 Å². The third-order valence-electron chi connectivity index (χ3n) is 16.5. The van der Waals surface area contributed by atoms with Gasteiger partial charge in [0.05, 0.1) is 34.4 Å². The fourth-order valence-corrected chi connectivity index (χ4v) is 11.0. The molecule has 0 saturated carbocycles. The van der Waals surface area contributed by atoms with Gasteiger partial charge < -0.3 is 28.5 Å². The number of rotatable bonds is 68. The van der Waals surface area contributed by atoms with Gasteiger partial charge in [0.1, 0.15) is 13.2 Å². The molecule has 0 rings (SSSR count). The number of hydrogen-bond acceptors (Lipinski definition) is 7. The first kappa shape index (κ1) is 79.0. The van der Waals surface area contributed by atoms with E-state index < -0.39 is 24.3 Å². The topological polar surface area (TPSA) is 108 Å². The van der Waals surface area contributed by atoms with E-state index in [0.29, 0.717) is 17.4 Å². The molecule has 0 amide bonds. The van der Waals surface area contributed by atoms with Gasteiger partial charge in [0.15, 0.2) is 6.10 Å². The number of nitrogens with zero attached hydrogens (tertiary/aromatic N) is 1. The molecule has 0 fully saturated rings. The fourth-order valence-electron chi connectivity index (χ4n) is 11.0. The highest BCUT2D eigenvalue weighted by atomic mass is 16.7. The highest BCUT2D eigenvalue weighted by molar-refractivity contribution is 5.71. The van der Waals surface area contributed by atoms with Crippen molar-refractivity contribution in [1.82, 2.24) is 0 Å². The number of carboxylic acid groups (broad SMARTS) is 1. The van der Waals surface area contributed by atoms with Crippen molar-refractivity contribution in [1.29, 1.82) is 0 Å². The molecule has 9 nitrogen and oxygen atoms in total. The second kappa shape index (κ2) is 64.0. The predicted octanol–water partition coefficient (Wildman–Crippen LogP) is 22.0. The van der Waals surface area contributed by atoms with Crippen molar-refractivity contribution in [2.24, 2.45) is 0 Å². The van der Waals surface area contributed by atoms with Gasteiger partial charge in [-0.15, -0.1) is 0 Å². The third kappa shape index (κ3) is 65.4. The first-order valence-corrected chi connectivity index (χ1v) is 35.9. The monoisotopic (exact) mass is 1150 g/mol. The Balaban J connectivity index is 3.92. The molecule has 0 aromatic carbocycles. The molecule has 0 aliphatic heterocycles. The molecule has 480 valence electrons. The van der Waals surface area contributed by atoms with Crippen LogP contribution in [0.5, 0.6) is 0 Å². The Hall–Kier alpha value is -1.97. The number of unbranched alkanes of at least 4 members (excludes halogenated alkanes) is 51. The van der Waals surface area contributed by atoms with E-state index >= 15 is 0 Å². The number of hydrogen-bond donors (Lipinski definition) is 1. The normalized spacial score (nSPS) is 12.7. The number of carbonyl (C=O) groups excluding carboxylic acids is 2. The highest BCUT2D eigenvalue weighted by Gasteiger charge is 2.25. The van der Waals surface area contributed by atoms with Crippen LogP contribution in [0.3, 0.4) is 0 Å². The van der Waals surface area contributed by atoms with Crippen LogP contribution in [-0.2, 0) is 33.3 Å². The molecule has 0 spiro atoms. The molecule has 0 heterocycles. The van der Waals surface area contributed by atoms with Crippen molar-refractivity contribution in [3.63, 3.8) is 0 Å². The average Bonchev–Trinajstić information content (AvgIpc) is 3.44. The zero-order valence-electron chi connectivity index (χ0n) is 55.0. The summed E-state index contributed by atoms with van der Waals surface area (Å²) in [4.78, 5) is 37.5. The van der Waals surface area contributed by atoms with Gasteiger partial charge in [-0.05, 0) is 38.5 Å². The predicted molar refractivity (Wildman–Crippen MR) is 346 cm³/mol. The first-order valence-electron chi connectivity index (χ1n) is 35.9. The Kier molecular flexibility index (Phi) is 62.5. The Bertz CT molecular complexity index is 1330. The van der Waals surface area contributed by atoms with Crippen LogP contribution in [0.4, 0.5) is 0 Å². The van der Waals surface area contributed by atoms with Gasteiger partial charge in [0.25, 0.3) is 6.29 Å². The number of carbonyl (C=O) groups is 3. The lowest BCUT2D eigenvalue weighted by molar-refractivity contribution is -0.870. The average molecular weight is 1150 g/mol. The van der Waals surface area contributed by atoms with E-state index in [4.69, 9.17) is 18.9 Å². The largest absolute Gasteiger partial charge is 0.477 e. The zero-order valence-corrected chi connectivity index (χ0v) is 55.0. The van der Waals surface area contributed by atoms with E-state index in [9.17, 15) is 19.5 Å². The molecule has 0 aromatic rings. The highest BCUT2D eigenvalue weighted by Crippen LogP contribution is 2.19. The van der Waals surface area contributed by atoms with Crippen LogP contribution in [0.25, 0.3) is 0 Å². The van der Waals surface area contributed by atoms with Crippen LogP contribution >= 0.6 is 0 Å². The van der Waals surface area contributed by atoms with Gasteiger partial charge in [-0.25, -0.2) is 4.79 Å². The standard InChI is InChI=1S/C72H139NO8/c1-6-8-10-12-14-16-18-20-22-24-26-27-28-29-30-31-32-33-34-35-36-37-38-39-40-41-42-43-44-45-47-48-50-52-54-56-58-60-62-69(74)79-66-68(67-80-72(71(76)77)78-65-64-73(3,4)5)81-70(75)63-61-59-57-55-53-51-49-46-25-23-21-19-17-15-13-11-9-7-2/h23,25,68,72H,6-22,24,26-67H2,1-5H3/p+1/b25-23-. The lowest BCUT2D eigenvalue weighted by Crippen LogP contribution is -2.40. The second-order valence-corrected chi connectivity index (χ2v) is 25.9. The summed E-state index contributed by atoms with van der Waals surface area (Å²) in [6.07, 6.45) is 75.0. The summed E-state index contributed by atoms with van der Waals surface area (Å²) in [5.41, 5.74) is 0. The lowest BCUT2D eigenvalue weighted by atomic mass is 10.0. The number of ether oxygens (including phenoxy) is 4.